The third kappa shape index (κ3) is 6.04. The van der Waals surface area contributed by atoms with Gasteiger partial charge < -0.3 is 0 Å². The number of amides is 1. The normalized spacial score (nSPS) is 17.5. The van der Waals surface area contributed by atoms with E-state index in [4.69, 9.17) is 0 Å². The van der Waals surface area contributed by atoms with Crippen LogP contribution in [0.15, 0.2) is 99.8 Å². The summed E-state index contributed by atoms with van der Waals surface area (Å²) >= 11 is 0. The fourth-order valence-electron chi connectivity index (χ4n) is 4.05. The zero-order valence-electron chi connectivity index (χ0n) is 20.7. The predicted octanol–water partition coefficient (Wildman–Crippen LogP) is 2.20. The van der Waals surface area contributed by atoms with Crippen molar-refractivity contribution in [2.24, 2.45) is 5.10 Å². The zero-order valence-corrected chi connectivity index (χ0v) is 22.4. The van der Waals surface area contributed by atoms with Gasteiger partial charge in [0.15, 0.2) is 0 Å². The molecule has 1 aliphatic rings. The van der Waals surface area contributed by atoms with E-state index >= 15 is 0 Å². The van der Waals surface area contributed by atoms with E-state index in [1.807, 2.05) is 0 Å². The van der Waals surface area contributed by atoms with Gasteiger partial charge in [0.25, 0.3) is 11.6 Å². The fraction of sp³-hybridized carbons (Fsp3) is 0.200. The van der Waals surface area contributed by atoms with Gasteiger partial charge in [0, 0.05) is 37.3 Å². The molecule has 14 heteroatoms. The lowest BCUT2D eigenvalue weighted by Gasteiger charge is -2.38. The second kappa shape index (κ2) is 11.4. The molecule has 0 spiro atoms. The molecule has 1 aliphatic heterocycles. The molecule has 1 saturated heterocycles. The van der Waals surface area contributed by atoms with Crippen LogP contribution in [0.25, 0.3) is 0 Å². The number of non-ortho nitro benzene ring substituents is 1. The molecule has 39 heavy (non-hydrogen) atoms. The predicted molar refractivity (Wildman–Crippen MR) is 143 cm³/mol. The summed E-state index contributed by atoms with van der Waals surface area (Å²) in [6.07, 6.45) is 0. The molecule has 12 nitrogen and oxygen atoms in total. The Morgan fingerprint density at radius 1 is 0.897 bits per heavy atom. The summed E-state index contributed by atoms with van der Waals surface area (Å²) < 4.78 is 55.5. The van der Waals surface area contributed by atoms with Crippen molar-refractivity contribution < 1.29 is 26.6 Å². The van der Waals surface area contributed by atoms with Gasteiger partial charge in [-0.15, -0.1) is 0 Å². The van der Waals surface area contributed by atoms with Crippen molar-refractivity contribution in [2.75, 3.05) is 19.6 Å². The first kappa shape index (κ1) is 28.0. The van der Waals surface area contributed by atoms with Gasteiger partial charge in [-0.05, 0) is 31.2 Å². The van der Waals surface area contributed by atoms with Gasteiger partial charge in [-0.3, -0.25) is 14.9 Å². The summed E-state index contributed by atoms with van der Waals surface area (Å²) in [5, 5.41) is 15.1. The zero-order chi connectivity index (χ0) is 28.2. The average molecular weight is 572 g/mol. The summed E-state index contributed by atoms with van der Waals surface area (Å²) in [6.45, 7) is 0.642. The SMILES string of the molecule is C/C(=N/NC(=O)[C@@H]1CN(S(=O)(=O)c2ccccc2)CCN1S(=O)(=O)c1ccccc1)c1cccc([N+](=O)[O-])c1. The largest absolute Gasteiger partial charge is 0.271 e. The Balaban J connectivity index is 1.65. The van der Waals surface area contributed by atoms with Gasteiger partial charge >= 0.3 is 0 Å². The third-order valence-electron chi connectivity index (χ3n) is 6.14. The maximum atomic E-state index is 13.5. The van der Waals surface area contributed by atoms with E-state index in [0.717, 1.165) is 8.61 Å². The van der Waals surface area contributed by atoms with Gasteiger partial charge in [0.2, 0.25) is 20.0 Å². The Morgan fingerprint density at radius 2 is 1.49 bits per heavy atom. The van der Waals surface area contributed by atoms with Crippen LogP contribution in [0.3, 0.4) is 0 Å². The minimum absolute atomic E-state index is 0.0167. The number of benzene rings is 3. The topological polar surface area (TPSA) is 159 Å². The second-order valence-corrected chi connectivity index (χ2v) is 12.4. The number of hydrogen-bond acceptors (Lipinski definition) is 8. The van der Waals surface area contributed by atoms with Crippen molar-refractivity contribution in [2.45, 2.75) is 22.8 Å². The van der Waals surface area contributed by atoms with Crippen LogP contribution >= 0.6 is 0 Å². The van der Waals surface area contributed by atoms with Gasteiger partial charge in [-0.1, -0.05) is 48.5 Å². The van der Waals surface area contributed by atoms with E-state index < -0.39 is 43.5 Å². The van der Waals surface area contributed by atoms with Crippen molar-refractivity contribution in [3.05, 3.63) is 101 Å². The number of carbonyl (C=O) groups excluding carboxylic acids is 1. The number of rotatable bonds is 8. The van der Waals surface area contributed by atoms with Crippen LogP contribution in [0, 0.1) is 10.1 Å². The highest BCUT2D eigenvalue weighted by atomic mass is 32.2. The number of nitro groups is 1. The van der Waals surface area contributed by atoms with Gasteiger partial charge in [-0.2, -0.15) is 13.7 Å². The minimum atomic E-state index is -4.17. The highest BCUT2D eigenvalue weighted by Gasteiger charge is 2.43. The number of nitrogens with zero attached hydrogens (tertiary/aromatic N) is 4. The standard InChI is InChI=1S/C25H25N5O7S2/c1-19(20-9-8-10-21(17-20)30(32)33)26-27-25(31)24-18-28(38(34,35)22-11-4-2-5-12-22)15-16-29(24)39(36,37)23-13-6-3-7-14-23/h2-14,17,24H,15-16,18H2,1H3,(H,27,31)/b26-19-/t24-/m0/s1. The molecular weight excluding hydrogens is 546 g/mol. The first-order chi connectivity index (χ1) is 18.5. The first-order valence-electron chi connectivity index (χ1n) is 11.7. The number of hydrazone groups is 1. The second-order valence-electron chi connectivity index (χ2n) is 8.60. The molecule has 0 bridgehead atoms. The van der Waals surface area contributed by atoms with Crippen LogP contribution in [-0.4, -0.2) is 67.7 Å². The lowest BCUT2D eigenvalue weighted by Crippen LogP contribution is -2.60. The van der Waals surface area contributed by atoms with Gasteiger partial charge in [-0.25, -0.2) is 22.3 Å². The molecule has 1 N–H and O–H groups in total. The smallest absolute Gasteiger partial charge is 0.270 e. The van der Waals surface area contributed by atoms with Crippen molar-refractivity contribution in [1.29, 1.82) is 0 Å². The summed E-state index contributed by atoms with van der Waals surface area (Å²) in [7, 11) is -8.19. The van der Waals surface area contributed by atoms with E-state index in [9.17, 15) is 31.7 Å². The van der Waals surface area contributed by atoms with Crippen molar-refractivity contribution in [3.8, 4) is 0 Å². The highest BCUT2D eigenvalue weighted by molar-refractivity contribution is 7.89. The van der Waals surface area contributed by atoms with Crippen LogP contribution in [0.2, 0.25) is 0 Å². The monoisotopic (exact) mass is 571 g/mol. The van der Waals surface area contributed by atoms with E-state index in [1.165, 1.54) is 49.4 Å². The van der Waals surface area contributed by atoms with Gasteiger partial charge in [0.05, 0.1) is 20.4 Å². The number of sulfonamides is 2. The molecule has 204 valence electrons. The number of hydrogen-bond donors (Lipinski definition) is 1. The number of carbonyl (C=O) groups is 1. The van der Waals surface area contributed by atoms with Gasteiger partial charge in [0.1, 0.15) is 6.04 Å². The van der Waals surface area contributed by atoms with E-state index in [-0.39, 0.29) is 34.3 Å². The molecule has 0 radical (unpaired) electrons. The molecule has 1 fully saturated rings. The molecule has 1 atom stereocenters. The molecule has 4 rings (SSSR count). The maximum Gasteiger partial charge on any atom is 0.270 e. The highest BCUT2D eigenvalue weighted by Crippen LogP contribution is 2.25. The van der Waals surface area contributed by atoms with Crippen molar-refractivity contribution in [3.63, 3.8) is 0 Å². The first-order valence-corrected chi connectivity index (χ1v) is 14.6. The lowest BCUT2D eigenvalue weighted by molar-refractivity contribution is -0.384. The number of piperazine rings is 1. The number of nitrogens with one attached hydrogen (secondary N) is 1. The Hall–Kier alpha value is -3.98. The van der Waals surface area contributed by atoms with Crippen molar-refractivity contribution >= 4 is 37.4 Å². The Labute approximate surface area is 225 Å². The molecule has 1 amide bonds. The Kier molecular flexibility index (Phi) is 8.20. The molecule has 0 aliphatic carbocycles. The van der Waals surface area contributed by atoms with E-state index in [1.54, 1.807) is 42.5 Å². The van der Waals surface area contributed by atoms with E-state index in [0.29, 0.717) is 5.56 Å². The Morgan fingerprint density at radius 3 is 2.08 bits per heavy atom. The van der Waals surface area contributed by atoms with Crippen LogP contribution in [0.1, 0.15) is 12.5 Å². The molecule has 3 aromatic carbocycles. The number of nitro benzene ring substituents is 1. The quantitative estimate of drug-likeness (QED) is 0.246. The molecule has 0 aromatic heterocycles. The summed E-state index contributed by atoms with van der Waals surface area (Å²) in [5.74, 6) is -0.854. The molecule has 3 aromatic rings. The fourth-order valence-corrected chi connectivity index (χ4v) is 7.10. The van der Waals surface area contributed by atoms with Crippen LogP contribution < -0.4 is 5.43 Å². The summed E-state index contributed by atoms with van der Waals surface area (Å²) in [4.78, 5) is 23.9. The lowest BCUT2D eigenvalue weighted by atomic mass is 10.1. The van der Waals surface area contributed by atoms with E-state index in [2.05, 4.69) is 10.5 Å². The summed E-state index contributed by atoms with van der Waals surface area (Å²) in [6, 6.07) is 19.4. The minimum Gasteiger partial charge on any atom is -0.271 e. The van der Waals surface area contributed by atoms with Crippen LogP contribution in [-0.2, 0) is 24.8 Å². The Bertz CT molecular complexity index is 1610. The molecule has 0 saturated carbocycles. The average Bonchev–Trinajstić information content (AvgIpc) is 2.96. The van der Waals surface area contributed by atoms with Crippen molar-refractivity contribution in [1.82, 2.24) is 14.0 Å². The maximum absolute atomic E-state index is 13.5. The summed E-state index contributed by atoms with van der Waals surface area (Å²) in [5.41, 5.74) is 2.75. The third-order valence-corrected chi connectivity index (χ3v) is 9.94. The molecular formula is C25H25N5O7S2. The van der Waals surface area contributed by atoms with Crippen LogP contribution in [0.5, 0.6) is 0 Å². The van der Waals surface area contributed by atoms with Crippen LogP contribution in [0.4, 0.5) is 5.69 Å². The molecule has 1 heterocycles. The molecule has 0 unspecified atom stereocenters.